The van der Waals surface area contributed by atoms with Gasteiger partial charge in [0.05, 0.1) is 25.5 Å². The van der Waals surface area contributed by atoms with Gasteiger partial charge in [-0.15, -0.1) is 5.10 Å². The Kier molecular flexibility index (Phi) is 6.13. The molecule has 31 heavy (non-hydrogen) atoms. The van der Waals surface area contributed by atoms with Crippen LogP contribution in [0.15, 0.2) is 54.7 Å². The number of hydrogen-bond donors (Lipinski definition) is 1. The zero-order valence-corrected chi connectivity index (χ0v) is 17.2. The van der Waals surface area contributed by atoms with Crippen molar-refractivity contribution < 1.29 is 19.0 Å². The van der Waals surface area contributed by atoms with Crippen LogP contribution in [0.1, 0.15) is 22.2 Å². The second-order valence-corrected chi connectivity index (χ2v) is 7.31. The molecule has 1 aliphatic heterocycles. The van der Waals surface area contributed by atoms with Gasteiger partial charge in [0.1, 0.15) is 17.7 Å². The van der Waals surface area contributed by atoms with Gasteiger partial charge in [-0.3, -0.25) is 4.79 Å². The summed E-state index contributed by atoms with van der Waals surface area (Å²) in [6.07, 6.45) is 0.676. The molecule has 0 saturated carbocycles. The van der Waals surface area contributed by atoms with Crippen LogP contribution in [-0.4, -0.2) is 64.2 Å². The van der Waals surface area contributed by atoms with Crippen molar-refractivity contribution in [2.45, 2.75) is 12.6 Å². The number of aromatic nitrogens is 3. The normalized spacial score (nSPS) is 15.1. The summed E-state index contributed by atoms with van der Waals surface area (Å²) in [5, 5.41) is 18.5. The van der Waals surface area contributed by atoms with E-state index in [0.29, 0.717) is 43.2 Å². The fraction of sp³-hybridized carbons (Fsp3) is 0.318. The first-order valence-corrected chi connectivity index (χ1v) is 10.1. The van der Waals surface area contributed by atoms with Crippen LogP contribution in [0.4, 0.5) is 10.1 Å². The third-order valence-electron chi connectivity index (χ3n) is 5.38. The van der Waals surface area contributed by atoms with E-state index >= 15 is 0 Å². The number of para-hydroxylation sites is 2. The minimum absolute atomic E-state index is 0.141. The fourth-order valence-corrected chi connectivity index (χ4v) is 3.72. The zero-order valence-electron chi connectivity index (χ0n) is 17.2. The van der Waals surface area contributed by atoms with Crippen molar-refractivity contribution in [2.75, 3.05) is 38.2 Å². The van der Waals surface area contributed by atoms with E-state index in [0.717, 1.165) is 0 Å². The Morgan fingerprint density at radius 3 is 2.58 bits per heavy atom. The van der Waals surface area contributed by atoms with E-state index in [2.05, 4.69) is 10.3 Å². The summed E-state index contributed by atoms with van der Waals surface area (Å²) in [4.78, 5) is 16.4. The maximum atomic E-state index is 14.0. The van der Waals surface area contributed by atoms with Gasteiger partial charge in [-0.05, 0) is 18.2 Å². The summed E-state index contributed by atoms with van der Waals surface area (Å²) in [6.45, 7) is 2.14. The van der Waals surface area contributed by atoms with Crippen LogP contribution in [0.25, 0.3) is 0 Å². The lowest BCUT2D eigenvalue weighted by Gasteiger charge is -2.35. The number of halogens is 1. The number of methoxy groups -OCH3 is 1. The Hall–Kier alpha value is -3.46. The van der Waals surface area contributed by atoms with Crippen LogP contribution in [0.2, 0.25) is 0 Å². The molecule has 1 unspecified atom stereocenters. The number of ether oxygens (including phenoxy) is 1. The molecule has 0 radical (unpaired) electrons. The number of carbonyl (C=O) groups excluding carboxylic acids is 1. The molecule has 4 rings (SSSR count). The highest BCUT2D eigenvalue weighted by Gasteiger charge is 2.25. The molecule has 2 aromatic carbocycles. The molecule has 1 atom stereocenters. The van der Waals surface area contributed by atoms with E-state index in [1.807, 2.05) is 17.0 Å². The summed E-state index contributed by atoms with van der Waals surface area (Å²) in [6, 6.07) is 13.8. The predicted molar refractivity (Wildman–Crippen MR) is 112 cm³/mol. The first kappa shape index (κ1) is 20.8. The number of hydrogen-bond acceptors (Lipinski definition) is 6. The third kappa shape index (κ3) is 4.51. The van der Waals surface area contributed by atoms with Crippen LogP contribution in [0, 0.1) is 5.82 Å². The molecule has 0 bridgehead atoms. The fourth-order valence-electron chi connectivity index (χ4n) is 3.72. The molecule has 1 saturated heterocycles. The Morgan fingerprint density at radius 1 is 1.13 bits per heavy atom. The molecule has 2 heterocycles. The number of nitrogens with zero attached hydrogens (tertiary/aromatic N) is 5. The average molecular weight is 425 g/mol. The number of amides is 1. The molecule has 1 aliphatic rings. The first-order valence-electron chi connectivity index (χ1n) is 10.1. The molecule has 1 fully saturated rings. The largest absolute Gasteiger partial charge is 0.496 e. The van der Waals surface area contributed by atoms with Crippen molar-refractivity contribution in [3.8, 4) is 5.75 Å². The van der Waals surface area contributed by atoms with E-state index < -0.39 is 6.10 Å². The summed E-state index contributed by atoms with van der Waals surface area (Å²) < 4.78 is 20.7. The van der Waals surface area contributed by atoms with Crippen molar-refractivity contribution in [3.63, 3.8) is 0 Å². The monoisotopic (exact) mass is 425 g/mol. The molecule has 1 amide bonds. The van der Waals surface area contributed by atoms with E-state index in [4.69, 9.17) is 4.74 Å². The highest BCUT2D eigenvalue weighted by atomic mass is 19.1. The van der Waals surface area contributed by atoms with E-state index in [1.54, 1.807) is 42.3 Å². The molecule has 3 aromatic rings. The second kappa shape index (κ2) is 9.13. The SMILES string of the molecule is COc1ccccc1C(O)Cn1cc(C(=O)N2CCN(c3ccccc3F)CC2)nn1. The Morgan fingerprint density at radius 2 is 1.84 bits per heavy atom. The number of benzene rings is 2. The van der Waals surface area contributed by atoms with Crippen molar-refractivity contribution in [3.05, 3.63) is 71.8 Å². The maximum absolute atomic E-state index is 14.0. The van der Waals surface area contributed by atoms with Gasteiger partial charge in [-0.1, -0.05) is 35.5 Å². The molecule has 9 heteroatoms. The van der Waals surface area contributed by atoms with Gasteiger partial charge in [0.15, 0.2) is 5.69 Å². The van der Waals surface area contributed by atoms with Gasteiger partial charge in [-0.25, -0.2) is 9.07 Å². The lowest BCUT2D eigenvalue weighted by Crippen LogP contribution is -2.49. The summed E-state index contributed by atoms with van der Waals surface area (Å²) >= 11 is 0. The standard InChI is InChI=1S/C22H24FN5O3/c1-31-21-9-5-2-6-16(21)20(29)15-28-14-18(24-25-28)22(30)27-12-10-26(11-13-27)19-8-4-3-7-17(19)23/h2-9,14,20,29H,10-13,15H2,1H3. The van der Waals surface area contributed by atoms with Crippen LogP contribution < -0.4 is 9.64 Å². The molecule has 0 spiro atoms. The first-order chi connectivity index (χ1) is 15.1. The highest BCUT2D eigenvalue weighted by molar-refractivity contribution is 5.92. The van der Waals surface area contributed by atoms with Crippen LogP contribution in [0.5, 0.6) is 5.75 Å². The number of aliphatic hydroxyl groups excluding tert-OH is 1. The van der Waals surface area contributed by atoms with Gasteiger partial charge in [0.25, 0.3) is 5.91 Å². The Balaban J connectivity index is 1.37. The van der Waals surface area contributed by atoms with Crippen LogP contribution in [0.3, 0.4) is 0 Å². The summed E-state index contributed by atoms with van der Waals surface area (Å²) in [7, 11) is 1.55. The Bertz CT molecular complexity index is 1050. The lowest BCUT2D eigenvalue weighted by atomic mass is 10.1. The van der Waals surface area contributed by atoms with Crippen molar-refractivity contribution in [2.24, 2.45) is 0 Å². The van der Waals surface area contributed by atoms with Gasteiger partial charge in [-0.2, -0.15) is 0 Å². The predicted octanol–water partition coefficient (Wildman–Crippen LogP) is 2.12. The highest BCUT2D eigenvalue weighted by Crippen LogP contribution is 2.25. The molecular formula is C22H24FN5O3. The van der Waals surface area contributed by atoms with E-state index in [9.17, 15) is 14.3 Å². The molecule has 0 aliphatic carbocycles. The number of carbonyl (C=O) groups is 1. The quantitative estimate of drug-likeness (QED) is 0.651. The lowest BCUT2D eigenvalue weighted by molar-refractivity contribution is 0.0740. The molecule has 1 aromatic heterocycles. The number of piperazine rings is 1. The molecule has 1 N–H and O–H groups in total. The van der Waals surface area contributed by atoms with Crippen molar-refractivity contribution in [1.29, 1.82) is 0 Å². The minimum Gasteiger partial charge on any atom is -0.496 e. The third-order valence-corrected chi connectivity index (χ3v) is 5.38. The van der Waals surface area contributed by atoms with Gasteiger partial charge >= 0.3 is 0 Å². The Labute approximate surface area is 179 Å². The topological polar surface area (TPSA) is 83.7 Å². The maximum Gasteiger partial charge on any atom is 0.276 e. The van der Waals surface area contributed by atoms with Gasteiger partial charge in [0.2, 0.25) is 0 Å². The smallest absolute Gasteiger partial charge is 0.276 e. The van der Waals surface area contributed by atoms with Crippen LogP contribution in [-0.2, 0) is 6.54 Å². The van der Waals surface area contributed by atoms with Crippen LogP contribution >= 0.6 is 0 Å². The average Bonchev–Trinajstić information content (AvgIpc) is 3.27. The number of anilines is 1. The molecule has 8 nitrogen and oxygen atoms in total. The molecular weight excluding hydrogens is 401 g/mol. The summed E-state index contributed by atoms with van der Waals surface area (Å²) in [5.41, 5.74) is 1.40. The second-order valence-electron chi connectivity index (χ2n) is 7.31. The van der Waals surface area contributed by atoms with Crippen molar-refractivity contribution in [1.82, 2.24) is 19.9 Å². The minimum atomic E-state index is -0.856. The van der Waals surface area contributed by atoms with E-state index in [1.165, 1.54) is 16.9 Å². The van der Waals surface area contributed by atoms with Gasteiger partial charge < -0.3 is 19.6 Å². The van der Waals surface area contributed by atoms with Crippen molar-refractivity contribution >= 4 is 11.6 Å². The van der Waals surface area contributed by atoms with Gasteiger partial charge in [0, 0.05) is 31.7 Å². The zero-order chi connectivity index (χ0) is 21.8. The molecule has 162 valence electrons. The number of rotatable bonds is 6. The number of aliphatic hydroxyl groups is 1. The van der Waals surface area contributed by atoms with E-state index in [-0.39, 0.29) is 24.0 Å². The summed E-state index contributed by atoms with van der Waals surface area (Å²) in [5.74, 6) is 0.0872.